The van der Waals surface area contributed by atoms with Crippen molar-refractivity contribution >= 4 is 11.9 Å². The molecule has 0 aliphatic carbocycles. The van der Waals surface area contributed by atoms with Gasteiger partial charge in [0, 0.05) is 0 Å². The second kappa shape index (κ2) is 8.51. The van der Waals surface area contributed by atoms with Crippen LogP contribution in [-0.4, -0.2) is 12.4 Å². The van der Waals surface area contributed by atoms with Crippen LogP contribution in [0, 0.1) is 0 Å². The summed E-state index contributed by atoms with van der Waals surface area (Å²) in [6, 6.07) is 7.81. The van der Waals surface area contributed by atoms with E-state index in [-0.39, 0.29) is 5.78 Å². The predicted octanol–water partition coefficient (Wildman–Crippen LogP) is 4.25. The lowest BCUT2D eigenvalue weighted by molar-refractivity contribution is -0.112. The lowest BCUT2D eigenvalue weighted by Gasteiger charge is -2.05. The lowest BCUT2D eigenvalue weighted by Crippen LogP contribution is -1.96. The maximum atomic E-state index is 10.8. The standard InChI is InChI=1S/C16H22O2/c1-3-4-5-6-13-18-16-11-9-15(10-12-16)8-7-14(2)17/h7-12H,3-6,13H2,1-2H3. The summed E-state index contributed by atoms with van der Waals surface area (Å²) in [7, 11) is 0. The van der Waals surface area contributed by atoms with Gasteiger partial charge in [0.1, 0.15) is 5.75 Å². The van der Waals surface area contributed by atoms with E-state index in [4.69, 9.17) is 4.74 Å². The maximum absolute atomic E-state index is 10.8. The number of carbonyl (C=O) groups is 1. The van der Waals surface area contributed by atoms with Gasteiger partial charge in [-0.3, -0.25) is 4.79 Å². The number of carbonyl (C=O) groups excluding carboxylic acids is 1. The molecule has 1 aromatic rings. The van der Waals surface area contributed by atoms with Gasteiger partial charge in [0.2, 0.25) is 0 Å². The Labute approximate surface area is 110 Å². The summed E-state index contributed by atoms with van der Waals surface area (Å²) in [6.07, 6.45) is 8.25. The fourth-order valence-corrected chi connectivity index (χ4v) is 1.61. The van der Waals surface area contributed by atoms with E-state index in [2.05, 4.69) is 6.92 Å². The number of ether oxygens (including phenoxy) is 1. The molecule has 0 bridgehead atoms. The second-order valence-electron chi connectivity index (χ2n) is 4.42. The van der Waals surface area contributed by atoms with Crippen LogP contribution in [0.4, 0.5) is 0 Å². The van der Waals surface area contributed by atoms with Gasteiger partial charge in [-0.05, 0) is 37.1 Å². The highest BCUT2D eigenvalue weighted by Crippen LogP contribution is 2.14. The monoisotopic (exact) mass is 246 g/mol. The number of benzene rings is 1. The van der Waals surface area contributed by atoms with Crippen LogP contribution in [0.25, 0.3) is 6.08 Å². The van der Waals surface area contributed by atoms with Crippen LogP contribution >= 0.6 is 0 Å². The Hall–Kier alpha value is -1.57. The van der Waals surface area contributed by atoms with Crippen molar-refractivity contribution < 1.29 is 9.53 Å². The molecule has 0 aliphatic rings. The zero-order valence-electron chi connectivity index (χ0n) is 11.3. The van der Waals surface area contributed by atoms with Gasteiger partial charge in [0.05, 0.1) is 6.61 Å². The van der Waals surface area contributed by atoms with Gasteiger partial charge < -0.3 is 4.74 Å². The maximum Gasteiger partial charge on any atom is 0.152 e. The highest BCUT2D eigenvalue weighted by atomic mass is 16.5. The van der Waals surface area contributed by atoms with Crippen LogP contribution in [0.1, 0.15) is 45.1 Å². The van der Waals surface area contributed by atoms with E-state index < -0.39 is 0 Å². The van der Waals surface area contributed by atoms with E-state index >= 15 is 0 Å². The van der Waals surface area contributed by atoms with Gasteiger partial charge in [0.25, 0.3) is 0 Å². The molecule has 0 aromatic heterocycles. The zero-order valence-corrected chi connectivity index (χ0v) is 11.3. The van der Waals surface area contributed by atoms with E-state index in [1.54, 1.807) is 13.0 Å². The fraction of sp³-hybridized carbons (Fsp3) is 0.438. The zero-order chi connectivity index (χ0) is 13.2. The van der Waals surface area contributed by atoms with Gasteiger partial charge in [0.15, 0.2) is 5.78 Å². The lowest BCUT2D eigenvalue weighted by atomic mass is 10.2. The second-order valence-corrected chi connectivity index (χ2v) is 4.42. The van der Waals surface area contributed by atoms with E-state index in [1.165, 1.54) is 19.3 Å². The minimum Gasteiger partial charge on any atom is -0.494 e. The largest absolute Gasteiger partial charge is 0.494 e. The van der Waals surface area contributed by atoms with Crippen molar-refractivity contribution in [2.24, 2.45) is 0 Å². The third kappa shape index (κ3) is 6.24. The van der Waals surface area contributed by atoms with Gasteiger partial charge >= 0.3 is 0 Å². The quantitative estimate of drug-likeness (QED) is 0.506. The Kier molecular flexibility index (Phi) is 6.85. The highest BCUT2D eigenvalue weighted by molar-refractivity contribution is 5.91. The Bertz CT molecular complexity index is 377. The van der Waals surface area contributed by atoms with Gasteiger partial charge in [-0.2, -0.15) is 0 Å². The van der Waals surface area contributed by atoms with Crippen molar-refractivity contribution in [2.45, 2.75) is 39.5 Å². The first-order valence-electron chi connectivity index (χ1n) is 6.64. The summed E-state index contributed by atoms with van der Waals surface area (Å²) in [6.45, 7) is 4.53. The number of allylic oxidation sites excluding steroid dienone is 1. The molecule has 0 saturated heterocycles. The molecule has 0 radical (unpaired) electrons. The summed E-state index contributed by atoms with van der Waals surface area (Å²) >= 11 is 0. The minimum absolute atomic E-state index is 0.0613. The van der Waals surface area contributed by atoms with Crippen molar-refractivity contribution in [3.63, 3.8) is 0 Å². The van der Waals surface area contributed by atoms with Crippen molar-refractivity contribution in [1.29, 1.82) is 0 Å². The van der Waals surface area contributed by atoms with Crippen LogP contribution < -0.4 is 4.74 Å². The van der Waals surface area contributed by atoms with E-state index in [0.717, 1.165) is 24.3 Å². The molecule has 0 amide bonds. The van der Waals surface area contributed by atoms with Crippen molar-refractivity contribution in [3.8, 4) is 5.75 Å². The summed E-state index contributed by atoms with van der Waals surface area (Å²) in [5.74, 6) is 0.956. The molecule has 0 N–H and O–H groups in total. The topological polar surface area (TPSA) is 26.3 Å². The van der Waals surface area contributed by atoms with Crippen molar-refractivity contribution in [2.75, 3.05) is 6.61 Å². The van der Waals surface area contributed by atoms with Gasteiger partial charge in [-0.25, -0.2) is 0 Å². The molecule has 0 spiro atoms. The molecule has 0 atom stereocenters. The Morgan fingerprint density at radius 1 is 1.17 bits per heavy atom. The first-order valence-corrected chi connectivity index (χ1v) is 6.64. The highest BCUT2D eigenvalue weighted by Gasteiger charge is 1.94. The first kappa shape index (κ1) is 14.5. The summed E-state index contributed by atoms with van der Waals surface area (Å²) in [5.41, 5.74) is 1.02. The molecule has 98 valence electrons. The van der Waals surface area contributed by atoms with Crippen LogP contribution in [0.2, 0.25) is 0 Å². The van der Waals surface area contributed by atoms with Crippen LogP contribution in [0.5, 0.6) is 5.75 Å². The Morgan fingerprint density at radius 3 is 2.50 bits per heavy atom. The molecule has 0 aliphatic heterocycles. The van der Waals surface area contributed by atoms with Crippen LogP contribution in [-0.2, 0) is 4.79 Å². The Balaban J connectivity index is 2.34. The third-order valence-corrected chi connectivity index (χ3v) is 2.66. The molecule has 18 heavy (non-hydrogen) atoms. The van der Waals surface area contributed by atoms with Crippen LogP contribution in [0.15, 0.2) is 30.3 Å². The van der Waals surface area contributed by atoms with Gasteiger partial charge in [-0.1, -0.05) is 44.4 Å². The molecule has 0 fully saturated rings. The number of hydrogen-bond acceptors (Lipinski definition) is 2. The third-order valence-electron chi connectivity index (χ3n) is 2.66. The minimum atomic E-state index is 0.0613. The van der Waals surface area contributed by atoms with E-state index in [0.29, 0.717) is 0 Å². The molecular formula is C16H22O2. The summed E-state index contributed by atoms with van der Waals surface area (Å²) in [5, 5.41) is 0. The van der Waals surface area contributed by atoms with Gasteiger partial charge in [-0.15, -0.1) is 0 Å². The fourth-order valence-electron chi connectivity index (χ4n) is 1.61. The molecule has 1 rings (SSSR count). The number of rotatable bonds is 8. The molecule has 0 saturated carbocycles. The Morgan fingerprint density at radius 2 is 1.89 bits per heavy atom. The molecule has 0 heterocycles. The summed E-state index contributed by atoms with van der Waals surface area (Å²) in [4.78, 5) is 10.8. The van der Waals surface area contributed by atoms with E-state index in [9.17, 15) is 4.79 Å². The molecule has 0 unspecified atom stereocenters. The van der Waals surface area contributed by atoms with Crippen molar-refractivity contribution in [1.82, 2.24) is 0 Å². The average Bonchev–Trinajstić information content (AvgIpc) is 2.37. The van der Waals surface area contributed by atoms with Crippen molar-refractivity contribution in [3.05, 3.63) is 35.9 Å². The number of ketones is 1. The normalized spacial score (nSPS) is 10.8. The number of hydrogen-bond donors (Lipinski definition) is 0. The van der Waals surface area contributed by atoms with E-state index in [1.807, 2.05) is 30.3 Å². The molecular weight excluding hydrogens is 224 g/mol. The predicted molar refractivity (Wildman–Crippen MR) is 75.8 cm³/mol. The SMILES string of the molecule is CCCCCCOc1ccc(C=CC(C)=O)cc1. The molecule has 2 heteroatoms. The first-order chi connectivity index (χ1) is 8.72. The molecule has 1 aromatic carbocycles. The molecule has 2 nitrogen and oxygen atoms in total. The summed E-state index contributed by atoms with van der Waals surface area (Å²) < 4.78 is 5.64. The average molecular weight is 246 g/mol. The number of unbranched alkanes of at least 4 members (excludes halogenated alkanes) is 3. The van der Waals surface area contributed by atoms with Crippen LogP contribution in [0.3, 0.4) is 0 Å². The smallest absolute Gasteiger partial charge is 0.152 e.